The van der Waals surface area contributed by atoms with Gasteiger partial charge in [-0.1, -0.05) is 0 Å². The summed E-state index contributed by atoms with van der Waals surface area (Å²) in [6, 6.07) is 10.2. The minimum atomic E-state index is -0.373. The van der Waals surface area contributed by atoms with E-state index in [1.165, 1.54) is 0 Å². The van der Waals surface area contributed by atoms with Crippen LogP contribution in [0.4, 0.5) is 5.69 Å². The molecule has 1 N–H and O–H groups in total. The molecule has 0 fully saturated rings. The zero-order valence-electron chi connectivity index (χ0n) is 12.5. The number of imidazole rings is 1. The van der Waals surface area contributed by atoms with Gasteiger partial charge in [0, 0.05) is 24.2 Å². The van der Waals surface area contributed by atoms with Gasteiger partial charge in [-0.05, 0) is 36.4 Å². The highest BCUT2D eigenvalue weighted by atomic mass is 16.5. The Morgan fingerprint density at radius 1 is 1.17 bits per heavy atom. The zero-order chi connectivity index (χ0) is 16.2. The summed E-state index contributed by atoms with van der Waals surface area (Å²) in [6.45, 7) is 0. The second kappa shape index (κ2) is 6.31. The third kappa shape index (κ3) is 3.21. The molecule has 3 rings (SSSR count). The third-order valence-electron chi connectivity index (χ3n) is 3.43. The van der Waals surface area contributed by atoms with E-state index in [-0.39, 0.29) is 18.1 Å². The van der Waals surface area contributed by atoms with E-state index in [1.807, 2.05) is 6.20 Å². The summed E-state index contributed by atoms with van der Waals surface area (Å²) in [7, 11) is 1.56. The number of methoxy groups -OCH3 is 1. The van der Waals surface area contributed by atoms with Crippen molar-refractivity contribution in [3.05, 3.63) is 60.6 Å². The second-order valence-electron chi connectivity index (χ2n) is 4.96. The van der Waals surface area contributed by atoms with Crippen molar-refractivity contribution in [3.8, 4) is 5.75 Å². The van der Waals surface area contributed by atoms with E-state index in [1.54, 1.807) is 60.3 Å². The van der Waals surface area contributed by atoms with Crippen molar-refractivity contribution in [2.45, 2.75) is 6.42 Å². The van der Waals surface area contributed by atoms with Crippen molar-refractivity contribution in [1.29, 1.82) is 0 Å². The van der Waals surface area contributed by atoms with Gasteiger partial charge >= 0.3 is 0 Å². The van der Waals surface area contributed by atoms with E-state index < -0.39 is 0 Å². The highest BCUT2D eigenvalue weighted by Gasteiger charge is 2.13. The molecular formula is C17H15N3O3. The van der Waals surface area contributed by atoms with Crippen molar-refractivity contribution in [1.82, 2.24) is 9.38 Å². The number of aromatic nitrogens is 2. The summed E-state index contributed by atoms with van der Waals surface area (Å²) in [5.41, 5.74) is 1.68. The molecule has 0 spiro atoms. The van der Waals surface area contributed by atoms with Crippen LogP contribution in [0.15, 0.2) is 55.0 Å². The number of carbonyl (C=O) groups excluding carboxylic acids is 2. The average molecular weight is 309 g/mol. The first-order chi connectivity index (χ1) is 11.2. The molecule has 0 saturated carbocycles. The molecule has 2 heterocycles. The zero-order valence-corrected chi connectivity index (χ0v) is 12.5. The Labute approximate surface area is 132 Å². The third-order valence-corrected chi connectivity index (χ3v) is 3.43. The number of fused-ring (bicyclic) bond motifs is 1. The highest BCUT2D eigenvalue weighted by Crippen LogP contribution is 2.16. The normalized spacial score (nSPS) is 10.5. The van der Waals surface area contributed by atoms with Crippen molar-refractivity contribution < 1.29 is 14.3 Å². The number of ether oxygens (including phenoxy) is 1. The minimum absolute atomic E-state index is 0.228. The fourth-order valence-electron chi connectivity index (χ4n) is 2.27. The maximum Gasteiger partial charge on any atom is 0.232 e. The number of pyridine rings is 1. The number of hydrogen-bond acceptors (Lipinski definition) is 4. The molecule has 0 aliphatic carbocycles. The van der Waals surface area contributed by atoms with Crippen LogP contribution in [0, 0.1) is 0 Å². The Balaban J connectivity index is 1.69. The number of nitrogens with zero attached hydrogens (tertiary/aromatic N) is 2. The summed E-state index contributed by atoms with van der Waals surface area (Å²) in [5, 5.41) is 2.73. The maximum atomic E-state index is 12.1. The van der Waals surface area contributed by atoms with E-state index in [2.05, 4.69) is 10.3 Å². The van der Waals surface area contributed by atoms with Crippen LogP contribution in [0.1, 0.15) is 16.8 Å². The Kier molecular flexibility index (Phi) is 4.05. The molecule has 1 aromatic carbocycles. The van der Waals surface area contributed by atoms with E-state index in [0.717, 1.165) is 0 Å². The topological polar surface area (TPSA) is 72.7 Å². The van der Waals surface area contributed by atoms with Gasteiger partial charge in [0.15, 0.2) is 11.4 Å². The number of carbonyl (C=O) groups is 2. The molecule has 0 atom stereocenters. The van der Waals surface area contributed by atoms with Crippen LogP contribution in [0.25, 0.3) is 5.65 Å². The predicted octanol–water partition coefficient (Wildman–Crippen LogP) is 2.55. The molecule has 0 bridgehead atoms. The fraction of sp³-hybridized carbons (Fsp3) is 0.118. The largest absolute Gasteiger partial charge is 0.497 e. The van der Waals surface area contributed by atoms with E-state index in [4.69, 9.17) is 4.74 Å². The lowest BCUT2D eigenvalue weighted by atomic mass is 10.1. The minimum Gasteiger partial charge on any atom is -0.497 e. The summed E-state index contributed by atoms with van der Waals surface area (Å²) in [6.07, 6.45) is 5.04. The van der Waals surface area contributed by atoms with E-state index in [9.17, 15) is 9.59 Å². The maximum absolute atomic E-state index is 12.1. The monoisotopic (exact) mass is 309 g/mol. The molecule has 0 saturated heterocycles. The predicted molar refractivity (Wildman–Crippen MR) is 85.8 cm³/mol. The number of rotatable bonds is 5. The van der Waals surface area contributed by atoms with Crippen LogP contribution in [-0.4, -0.2) is 28.2 Å². The highest BCUT2D eigenvalue weighted by molar-refractivity contribution is 6.11. The molecule has 0 unspecified atom stereocenters. The number of hydrogen-bond donors (Lipinski definition) is 1. The first-order valence-corrected chi connectivity index (χ1v) is 7.06. The molecular weight excluding hydrogens is 294 g/mol. The molecule has 2 aromatic heterocycles. The van der Waals surface area contributed by atoms with Crippen LogP contribution in [0.5, 0.6) is 5.75 Å². The summed E-state index contributed by atoms with van der Waals surface area (Å²) in [4.78, 5) is 28.4. The number of benzene rings is 1. The van der Waals surface area contributed by atoms with E-state index >= 15 is 0 Å². The summed E-state index contributed by atoms with van der Waals surface area (Å²) < 4.78 is 6.83. The molecule has 0 aliphatic heterocycles. The average Bonchev–Trinajstić information content (AvgIpc) is 3.04. The van der Waals surface area contributed by atoms with E-state index in [0.29, 0.717) is 22.6 Å². The first kappa shape index (κ1) is 14.8. The van der Waals surface area contributed by atoms with Gasteiger partial charge in [-0.2, -0.15) is 0 Å². The van der Waals surface area contributed by atoms with Crippen LogP contribution in [-0.2, 0) is 4.79 Å². The molecule has 6 heteroatoms. The van der Waals surface area contributed by atoms with Gasteiger partial charge in [-0.15, -0.1) is 0 Å². The first-order valence-electron chi connectivity index (χ1n) is 7.06. The molecule has 116 valence electrons. The Morgan fingerprint density at radius 2 is 1.96 bits per heavy atom. The van der Waals surface area contributed by atoms with Crippen molar-refractivity contribution in [3.63, 3.8) is 0 Å². The molecule has 23 heavy (non-hydrogen) atoms. The van der Waals surface area contributed by atoms with Crippen LogP contribution < -0.4 is 10.1 Å². The smallest absolute Gasteiger partial charge is 0.232 e. The van der Waals surface area contributed by atoms with Crippen LogP contribution in [0.2, 0.25) is 0 Å². The van der Waals surface area contributed by atoms with Gasteiger partial charge in [0.2, 0.25) is 5.91 Å². The second-order valence-corrected chi connectivity index (χ2v) is 4.96. The summed E-state index contributed by atoms with van der Waals surface area (Å²) >= 11 is 0. The molecule has 0 radical (unpaired) electrons. The fourth-order valence-corrected chi connectivity index (χ4v) is 2.27. The Bertz CT molecular complexity index is 853. The van der Waals surface area contributed by atoms with Gasteiger partial charge in [-0.25, -0.2) is 4.98 Å². The van der Waals surface area contributed by atoms with Gasteiger partial charge in [0.05, 0.1) is 19.2 Å². The number of amides is 1. The lowest BCUT2D eigenvalue weighted by Gasteiger charge is -2.06. The molecule has 1 amide bonds. The summed E-state index contributed by atoms with van der Waals surface area (Å²) in [5.74, 6) is 0.0411. The lowest BCUT2D eigenvalue weighted by molar-refractivity contribution is -0.115. The Morgan fingerprint density at radius 3 is 2.70 bits per heavy atom. The molecule has 3 aromatic rings. The Hall–Kier alpha value is -3.15. The lowest BCUT2D eigenvalue weighted by Crippen LogP contribution is -2.17. The molecule has 0 aliphatic rings. The van der Waals surface area contributed by atoms with Gasteiger partial charge in [-0.3, -0.25) is 9.59 Å². The van der Waals surface area contributed by atoms with Crippen molar-refractivity contribution >= 4 is 23.0 Å². The number of Topliss-reactive ketones (excluding diaryl/α,β-unsaturated/α-hetero) is 1. The standard InChI is InChI=1S/C17H15N3O3/c1-23-13-6-4-12(5-7-13)15(21)11-16(22)19-14-3-2-9-20-10-8-18-17(14)20/h2-10H,11H2,1H3,(H,19,22). The van der Waals surface area contributed by atoms with Crippen molar-refractivity contribution in [2.75, 3.05) is 12.4 Å². The number of nitrogens with one attached hydrogen (secondary N) is 1. The van der Waals surface area contributed by atoms with Crippen molar-refractivity contribution in [2.24, 2.45) is 0 Å². The quantitative estimate of drug-likeness (QED) is 0.581. The number of ketones is 1. The SMILES string of the molecule is COc1ccc(C(=O)CC(=O)Nc2cccn3ccnc23)cc1. The number of anilines is 1. The van der Waals surface area contributed by atoms with Crippen LogP contribution in [0.3, 0.4) is 0 Å². The van der Waals surface area contributed by atoms with Gasteiger partial charge in [0.1, 0.15) is 5.75 Å². The van der Waals surface area contributed by atoms with Crippen LogP contribution >= 0.6 is 0 Å². The molecule has 6 nitrogen and oxygen atoms in total. The van der Waals surface area contributed by atoms with Gasteiger partial charge in [0.25, 0.3) is 0 Å². The van der Waals surface area contributed by atoms with Gasteiger partial charge < -0.3 is 14.5 Å².